The quantitative estimate of drug-likeness (QED) is 0.628. The zero-order chi connectivity index (χ0) is 18.9. The summed E-state index contributed by atoms with van der Waals surface area (Å²) in [5.74, 6) is 0.902. The van der Waals surface area contributed by atoms with Crippen molar-refractivity contribution in [2.45, 2.75) is 12.8 Å². The molecule has 0 aromatic heterocycles. The van der Waals surface area contributed by atoms with Gasteiger partial charge in [0, 0.05) is 13.5 Å². The van der Waals surface area contributed by atoms with E-state index in [2.05, 4.69) is 5.32 Å². The van der Waals surface area contributed by atoms with Crippen LogP contribution >= 0.6 is 23.2 Å². The normalized spacial score (nSPS) is 10.5. The van der Waals surface area contributed by atoms with Crippen molar-refractivity contribution in [1.29, 1.82) is 0 Å². The van der Waals surface area contributed by atoms with Gasteiger partial charge in [-0.1, -0.05) is 35.3 Å². The zero-order valence-corrected chi connectivity index (χ0v) is 16.2. The van der Waals surface area contributed by atoms with Crippen molar-refractivity contribution in [3.63, 3.8) is 0 Å². The van der Waals surface area contributed by atoms with Gasteiger partial charge in [0.05, 0.1) is 29.4 Å². The number of aryl methyl sites for hydroxylation is 1. The van der Waals surface area contributed by atoms with Crippen LogP contribution in [0.15, 0.2) is 36.4 Å². The average molecular weight is 398 g/mol. The van der Waals surface area contributed by atoms with Crippen LogP contribution in [-0.2, 0) is 16.0 Å². The Morgan fingerprint density at radius 2 is 1.88 bits per heavy atom. The zero-order valence-electron chi connectivity index (χ0n) is 14.7. The molecule has 0 aliphatic carbocycles. The van der Waals surface area contributed by atoms with E-state index in [1.54, 1.807) is 44.6 Å². The predicted octanol–water partition coefficient (Wildman–Crippen LogP) is 4.60. The Bertz CT molecular complexity index is 752. The number of methoxy groups -OCH3 is 2. The summed E-state index contributed by atoms with van der Waals surface area (Å²) in [6.45, 7) is 0.768. The Morgan fingerprint density at radius 3 is 2.58 bits per heavy atom. The number of benzene rings is 2. The number of nitrogens with one attached hydrogen (secondary N) is 1. The largest absolute Gasteiger partial charge is 0.495 e. The van der Waals surface area contributed by atoms with Crippen molar-refractivity contribution in [2.24, 2.45) is 0 Å². The second-order valence-corrected chi connectivity index (χ2v) is 6.29. The van der Waals surface area contributed by atoms with Crippen LogP contribution in [0.25, 0.3) is 0 Å². The van der Waals surface area contributed by atoms with Crippen molar-refractivity contribution in [1.82, 2.24) is 0 Å². The number of carbonyl (C=O) groups is 1. The molecule has 0 aliphatic heterocycles. The molecule has 140 valence electrons. The molecule has 0 unspecified atom stereocenters. The molecular weight excluding hydrogens is 377 g/mol. The van der Waals surface area contributed by atoms with E-state index in [0.717, 1.165) is 5.56 Å². The molecule has 7 heteroatoms. The van der Waals surface area contributed by atoms with Gasteiger partial charge < -0.3 is 19.5 Å². The highest BCUT2D eigenvalue weighted by Crippen LogP contribution is 2.33. The van der Waals surface area contributed by atoms with Crippen LogP contribution in [-0.4, -0.2) is 33.3 Å². The highest BCUT2D eigenvalue weighted by atomic mass is 35.5. The van der Waals surface area contributed by atoms with Gasteiger partial charge in [0.1, 0.15) is 12.4 Å². The van der Waals surface area contributed by atoms with E-state index >= 15 is 0 Å². The third kappa shape index (κ3) is 5.80. The van der Waals surface area contributed by atoms with Gasteiger partial charge in [0.15, 0.2) is 5.75 Å². The molecule has 26 heavy (non-hydrogen) atoms. The molecule has 0 bridgehead atoms. The van der Waals surface area contributed by atoms with Crippen LogP contribution in [0.1, 0.15) is 12.0 Å². The monoisotopic (exact) mass is 397 g/mol. The van der Waals surface area contributed by atoms with E-state index in [9.17, 15) is 4.79 Å². The van der Waals surface area contributed by atoms with Gasteiger partial charge in [-0.3, -0.25) is 4.79 Å². The van der Waals surface area contributed by atoms with E-state index in [0.29, 0.717) is 53.3 Å². The molecule has 1 N–H and O–H groups in total. The molecule has 0 saturated carbocycles. The van der Waals surface area contributed by atoms with Gasteiger partial charge in [-0.2, -0.15) is 0 Å². The van der Waals surface area contributed by atoms with Gasteiger partial charge in [0.25, 0.3) is 0 Å². The van der Waals surface area contributed by atoms with Crippen molar-refractivity contribution >= 4 is 34.8 Å². The van der Waals surface area contributed by atoms with Crippen molar-refractivity contribution in [2.75, 3.05) is 32.8 Å². The van der Waals surface area contributed by atoms with Crippen molar-refractivity contribution in [3.05, 3.63) is 52.0 Å². The molecule has 5 nitrogen and oxygen atoms in total. The fourth-order valence-electron chi connectivity index (χ4n) is 2.32. The minimum Gasteiger partial charge on any atom is -0.495 e. The van der Waals surface area contributed by atoms with Crippen LogP contribution in [0.3, 0.4) is 0 Å². The first-order valence-corrected chi connectivity index (χ1v) is 8.83. The van der Waals surface area contributed by atoms with Crippen molar-refractivity contribution in [3.8, 4) is 11.5 Å². The fraction of sp³-hybridized carbons (Fsp3) is 0.316. The second-order valence-electron chi connectivity index (χ2n) is 5.47. The number of hydrogen-bond donors (Lipinski definition) is 1. The summed E-state index contributed by atoms with van der Waals surface area (Å²) in [6, 6.07) is 10.7. The van der Waals surface area contributed by atoms with Gasteiger partial charge in [-0.05, 0) is 36.2 Å². The maximum absolute atomic E-state index is 12.3. The van der Waals surface area contributed by atoms with Crippen LogP contribution < -0.4 is 14.8 Å². The lowest BCUT2D eigenvalue weighted by molar-refractivity contribution is -0.116. The second kappa shape index (κ2) is 10.3. The SMILES string of the molecule is COCCOc1c(Cl)cccc1NC(=O)CCc1ccc(OC)c(Cl)c1. The first kappa shape index (κ1) is 20.4. The lowest BCUT2D eigenvalue weighted by Crippen LogP contribution is -2.14. The molecule has 0 heterocycles. The van der Waals surface area contributed by atoms with E-state index in [4.69, 9.17) is 37.4 Å². The predicted molar refractivity (Wildman–Crippen MR) is 104 cm³/mol. The Labute approximate surface area is 163 Å². The number of rotatable bonds is 9. The molecule has 0 aliphatic rings. The lowest BCUT2D eigenvalue weighted by atomic mass is 10.1. The molecule has 2 rings (SSSR count). The lowest BCUT2D eigenvalue weighted by Gasteiger charge is -2.14. The minimum atomic E-state index is -0.143. The fourth-order valence-corrected chi connectivity index (χ4v) is 2.83. The minimum absolute atomic E-state index is 0.143. The Hall–Kier alpha value is -1.95. The topological polar surface area (TPSA) is 56.8 Å². The first-order valence-electron chi connectivity index (χ1n) is 8.07. The van der Waals surface area contributed by atoms with E-state index in [-0.39, 0.29) is 5.91 Å². The maximum atomic E-state index is 12.3. The Balaban J connectivity index is 1.97. The van der Waals surface area contributed by atoms with Gasteiger partial charge in [0.2, 0.25) is 5.91 Å². The molecule has 0 atom stereocenters. The summed E-state index contributed by atoms with van der Waals surface area (Å²) < 4.78 is 15.7. The first-order chi connectivity index (χ1) is 12.5. The molecule has 0 saturated heterocycles. The third-order valence-electron chi connectivity index (χ3n) is 3.63. The number of hydrogen-bond acceptors (Lipinski definition) is 4. The van der Waals surface area contributed by atoms with Gasteiger partial charge in [-0.25, -0.2) is 0 Å². The van der Waals surface area contributed by atoms with E-state index in [1.165, 1.54) is 0 Å². The molecular formula is C19H21Cl2NO4. The number of ether oxygens (including phenoxy) is 3. The number of halogens is 2. The molecule has 0 spiro atoms. The summed E-state index contributed by atoms with van der Waals surface area (Å²) >= 11 is 12.3. The van der Waals surface area contributed by atoms with Crippen LogP contribution in [0, 0.1) is 0 Å². The molecule has 2 aromatic carbocycles. The molecule has 0 fully saturated rings. The number of amides is 1. The highest BCUT2D eigenvalue weighted by Gasteiger charge is 2.12. The van der Waals surface area contributed by atoms with Gasteiger partial charge >= 0.3 is 0 Å². The molecule has 1 amide bonds. The number of anilines is 1. The van der Waals surface area contributed by atoms with E-state index < -0.39 is 0 Å². The number of carbonyl (C=O) groups excluding carboxylic acids is 1. The van der Waals surface area contributed by atoms with E-state index in [1.807, 2.05) is 6.07 Å². The smallest absolute Gasteiger partial charge is 0.224 e. The highest BCUT2D eigenvalue weighted by molar-refractivity contribution is 6.32. The van der Waals surface area contributed by atoms with Crippen molar-refractivity contribution < 1.29 is 19.0 Å². The summed E-state index contributed by atoms with van der Waals surface area (Å²) in [5, 5.41) is 3.79. The summed E-state index contributed by atoms with van der Waals surface area (Å²) in [7, 11) is 3.15. The van der Waals surface area contributed by atoms with Crippen LogP contribution in [0.5, 0.6) is 11.5 Å². The standard InChI is InChI=1S/C19H21Cl2NO4/c1-24-10-11-26-19-14(20)4-3-5-16(19)22-18(23)9-7-13-6-8-17(25-2)15(21)12-13/h3-6,8,12H,7,9-11H2,1-2H3,(H,22,23). The van der Waals surface area contributed by atoms with Crippen LogP contribution in [0.4, 0.5) is 5.69 Å². The Morgan fingerprint density at radius 1 is 1.08 bits per heavy atom. The summed E-state index contributed by atoms with van der Waals surface area (Å²) in [4.78, 5) is 12.3. The van der Waals surface area contributed by atoms with Crippen LogP contribution in [0.2, 0.25) is 10.0 Å². The average Bonchev–Trinajstić information content (AvgIpc) is 2.62. The molecule has 2 aromatic rings. The van der Waals surface area contributed by atoms with Gasteiger partial charge in [-0.15, -0.1) is 0 Å². The summed E-state index contributed by atoms with van der Waals surface area (Å²) in [5.41, 5.74) is 1.49. The molecule has 0 radical (unpaired) electrons. The number of para-hydroxylation sites is 1. The Kier molecular flexibility index (Phi) is 8.04. The summed E-state index contributed by atoms with van der Waals surface area (Å²) in [6.07, 6.45) is 0.850. The third-order valence-corrected chi connectivity index (χ3v) is 4.22. The maximum Gasteiger partial charge on any atom is 0.224 e.